The Morgan fingerprint density at radius 2 is 2.21 bits per heavy atom. The number of benzene rings is 1. The van der Waals surface area contributed by atoms with Crippen molar-refractivity contribution in [3.8, 4) is 11.6 Å². The highest BCUT2D eigenvalue weighted by atomic mass is 79.9. The van der Waals surface area contributed by atoms with Crippen molar-refractivity contribution in [2.75, 3.05) is 5.73 Å². The highest BCUT2D eigenvalue weighted by Crippen LogP contribution is 2.34. The van der Waals surface area contributed by atoms with Crippen LogP contribution in [0.3, 0.4) is 0 Å². The van der Waals surface area contributed by atoms with Crippen molar-refractivity contribution < 1.29 is 4.74 Å². The molecule has 1 saturated carbocycles. The molecule has 1 aliphatic rings. The molecule has 0 radical (unpaired) electrons. The maximum atomic E-state index is 12.2. The lowest BCUT2D eigenvalue weighted by Crippen LogP contribution is -2.20. The molecule has 98 valence electrons. The van der Waals surface area contributed by atoms with Crippen LogP contribution < -0.4 is 16.0 Å². The van der Waals surface area contributed by atoms with Gasteiger partial charge in [0, 0.05) is 24.1 Å². The van der Waals surface area contributed by atoms with Crippen molar-refractivity contribution in [1.29, 1.82) is 0 Å². The fourth-order valence-corrected chi connectivity index (χ4v) is 2.17. The number of rotatable bonds is 3. The summed E-state index contributed by atoms with van der Waals surface area (Å²) in [5.74, 6) is 0.554. The first kappa shape index (κ1) is 12.2. The van der Waals surface area contributed by atoms with Gasteiger partial charge in [-0.3, -0.25) is 4.79 Å². The Morgan fingerprint density at radius 3 is 2.95 bits per heavy atom. The van der Waals surface area contributed by atoms with Crippen LogP contribution in [0.15, 0.2) is 39.9 Å². The van der Waals surface area contributed by atoms with Crippen LogP contribution in [0.4, 0.5) is 5.69 Å². The lowest BCUT2D eigenvalue weighted by Gasteiger charge is -2.09. The van der Waals surface area contributed by atoms with Gasteiger partial charge in [-0.25, -0.2) is 4.98 Å². The molecule has 0 spiro atoms. The van der Waals surface area contributed by atoms with E-state index < -0.39 is 0 Å². The zero-order valence-electron chi connectivity index (χ0n) is 10.0. The van der Waals surface area contributed by atoms with Gasteiger partial charge in [-0.05, 0) is 40.9 Å². The monoisotopic (exact) mass is 321 g/mol. The number of nitrogens with zero attached hydrogens (tertiary/aromatic N) is 2. The molecule has 0 unspecified atom stereocenters. The van der Waals surface area contributed by atoms with E-state index in [1.807, 2.05) is 0 Å². The SMILES string of the molecule is Nc1cccc(Oc2nccn(C3CC3)c2=O)c1Br. The standard InChI is InChI=1S/C13H12BrN3O2/c14-11-9(15)2-1-3-10(11)19-12-13(18)17(7-6-16-12)8-4-5-8/h1-3,6-8H,4-5,15H2. The molecule has 1 aromatic heterocycles. The van der Waals surface area contributed by atoms with Crippen LogP contribution in [0.1, 0.15) is 18.9 Å². The van der Waals surface area contributed by atoms with Crippen molar-refractivity contribution in [1.82, 2.24) is 9.55 Å². The number of hydrogen-bond donors (Lipinski definition) is 1. The second-order valence-electron chi connectivity index (χ2n) is 4.44. The summed E-state index contributed by atoms with van der Waals surface area (Å²) in [6.45, 7) is 0. The fraction of sp³-hybridized carbons (Fsp3) is 0.231. The third-order valence-electron chi connectivity index (χ3n) is 2.98. The van der Waals surface area contributed by atoms with Gasteiger partial charge < -0.3 is 15.0 Å². The number of anilines is 1. The van der Waals surface area contributed by atoms with E-state index in [-0.39, 0.29) is 11.4 Å². The van der Waals surface area contributed by atoms with Gasteiger partial charge in [0.05, 0.1) is 4.47 Å². The molecule has 2 N–H and O–H groups in total. The molecule has 2 aromatic rings. The number of halogens is 1. The number of ether oxygens (including phenoxy) is 1. The summed E-state index contributed by atoms with van der Waals surface area (Å²) in [5.41, 5.74) is 6.11. The van der Waals surface area contributed by atoms with E-state index in [0.717, 1.165) is 12.8 Å². The van der Waals surface area contributed by atoms with Crippen LogP contribution in [-0.2, 0) is 0 Å². The molecule has 1 aromatic carbocycles. The summed E-state index contributed by atoms with van der Waals surface area (Å²) in [4.78, 5) is 16.2. The maximum Gasteiger partial charge on any atom is 0.313 e. The Balaban J connectivity index is 1.97. The molecule has 1 heterocycles. The van der Waals surface area contributed by atoms with Crippen molar-refractivity contribution in [3.05, 3.63) is 45.4 Å². The molecule has 3 rings (SSSR count). The predicted molar refractivity (Wildman–Crippen MR) is 75.4 cm³/mol. The zero-order chi connectivity index (χ0) is 13.4. The van der Waals surface area contributed by atoms with Crippen LogP contribution in [0.2, 0.25) is 0 Å². The van der Waals surface area contributed by atoms with E-state index in [9.17, 15) is 4.79 Å². The minimum absolute atomic E-state index is 0.0701. The second-order valence-corrected chi connectivity index (χ2v) is 5.23. The normalized spacial score (nSPS) is 14.4. The van der Waals surface area contributed by atoms with Crippen molar-refractivity contribution in [2.24, 2.45) is 0 Å². The molecule has 1 fully saturated rings. The van der Waals surface area contributed by atoms with Crippen LogP contribution >= 0.6 is 15.9 Å². The van der Waals surface area contributed by atoms with Crippen molar-refractivity contribution in [3.63, 3.8) is 0 Å². The van der Waals surface area contributed by atoms with Gasteiger partial charge in [-0.15, -0.1) is 0 Å². The maximum absolute atomic E-state index is 12.2. The van der Waals surface area contributed by atoms with E-state index >= 15 is 0 Å². The molecular formula is C13H12BrN3O2. The summed E-state index contributed by atoms with van der Waals surface area (Å²) in [6, 6.07) is 5.54. The lowest BCUT2D eigenvalue weighted by molar-refractivity contribution is 0.442. The molecule has 0 aliphatic heterocycles. The zero-order valence-corrected chi connectivity index (χ0v) is 11.6. The van der Waals surface area contributed by atoms with Gasteiger partial charge in [0.1, 0.15) is 5.75 Å². The second kappa shape index (κ2) is 4.70. The number of aromatic nitrogens is 2. The molecule has 19 heavy (non-hydrogen) atoms. The molecule has 0 atom stereocenters. The Labute approximate surface area is 118 Å². The molecule has 5 nitrogen and oxygen atoms in total. The molecule has 6 heteroatoms. The van der Waals surface area contributed by atoms with Crippen LogP contribution in [-0.4, -0.2) is 9.55 Å². The van der Waals surface area contributed by atoms with E-state index in [4.69, 9.17) is 10.5 Å². The Bertz CT molecular complexity index is 680. The summed E-state index contributed by atoms with van der Waals surface area (Å²) >= 11 is 3.34. The smallest absolute Gasteiger partial charge is 0.313 e. The Kier molecular flexibility index (Phi) is 3.02. The molecule has 0 saturated heterocycles. The van der Waals surface area contributed by atoms with Crippen LogP contribution in [0.25, 0.3) is 0 Å². The minimum Gasteiger partial charge on any atom is -0.433 e. The van der Waals surface area contributed by atoms with E-state index in [2.05, 4.69) is 20.9 Å². The van der Waals surface area contributed by atoms with Gasteiger partial charge >= 0.3 is 5.56 Å². The lowest BCUT2D eigenvalue weighted by atomic mass is 10.3. The van der Waals surface area contributed by atoms with Crippen LogP contribution in [0, 0.1) is 0 Å². The summed E-state index contributed by atoms with van der Waals surface area (Å²) in [5, 5.41) is 0. The topological polar surface area (TPSA) is 70.1 Å². The molecule has 0 bridgehead atoms. The van der Waals surface area contributed by atoms with Gasteiger partial charge in [-0.2, -0.15) is 0 Å². The third kappa shape index (κ3) is 2.35. The average molecular weight is 322 g/mol. The first-order valence-electron chi connectivity index (χ1n) is 5.96. The van der Waals surface area contributed by atoms with E-state index in [1.165, 1.54) is 0 Å². The predicted octanol–water partition coefficient (Wildman–Crippen LogP) is 2.72. The van der Waals surface area contributed by atoms with E-state index in [1.54, 1.807) is 35.2 Å². The highest BCUT2D eigenvalue weighted by Gasteiger charge is 2.25. The summed E-state index contributed by atoms with van der Waals surface area (Å²) in [6.07, 6.45) is 5.34. The number of hydrogen-bond acceptors (Lipinski definition) is 4. The third-order valence-corrected chi connectivity index (χ3v) is 3.83. The molecule has 0 amide bonds. The van der Waals surface area contributed by atoms with Gasteiger partial charge in [0.25, 0.3) is 5.88 Å². The largest absolute Gasteiger partial charge is 0.433 e. The van der Waals surface area contributed by atoms with Gasteiger partial charge in [0.2, 0.25) is 0 Å². The van der Waals surface area contributed by atoms with E-state index in [0.29, 0.717) is 22.0 Å². The summed E-state index contributed by atoms with van der Waals surface area (Å²) < 4.78 is 7.86. The van der Waals surface area contributed by atoms with Gasteiger partial charge in [-0.1, -0.05) is 6.07 Å². The Hall–Kier alpha value is -1.82. The van der Waals surface area contributed by atoms with Gasteiger partial charge in [0.15, 0.2) is 0 Å². The van der Waals surface area contributed by atoms with Crippen LogP contribution in [0.5, 0.6) is 11.6 Å². The first-order valence-corrected chi connectivity index (χ1v) is 6.75. The molecular weight excluding hydrogens is 310 g/mol. The first-order chi connectivity index (χ1) is 9.16. The van der Waals surface area contributed by atoms with Crippen molar-refractivity contribution in [2.45, 2.75) is 18.9 Å². The fourth-order valence-electron chi connectivity index (χ4n) is 1.83. The Morgan fingerprint density at radius 1 is 1.42 bits per heavy atom. The summed E-state index contributed by atoms with van der Waals surface area (Å²) in [7, 11) is 0. The quantitative estimate of drug-likeness (QED) is 0.882. The minimum atomic E-state index is -0.209. The van der Waals surface area contributed by atoms with Crippen molar-refractivity contribution >= 4 is 21.6 Å². The number of nitrogens with two attached hydrogens (primary N) is 1. The highest BCUT2D eigenvalue weighted by molar-refractivity contribution is 9.10. The molecule has 1 aliphatic carbocycles. The number of nitrogen functional groups attached to an aromatic ring is 1. The average Bonchev–Trinajstić information content (AvgIpc) is 3.21.